The van der Waals surface area contributed by atoms with Gasteiger partial charge in [-0.2, -0.15) is 39.5 Å². The Morgan fingerprint density at radius 3 is 1.10 bits per heavy atom. The number of fused-ring (bicyclic) bond motifs is 2. The van der Waals surface area contributed by atoms with Gasteiger partial charge in [0, 0.05) is 126 Å². The van der Waals surface area contributed by atoms with Crippen LogP contribution in [0.5, 0.6) is 0 Å². The van der Waals surface area contributed by atoms with Crippen LogP contribution in [0.2, 0.25) is 0 Å². The van der Waals surface area contributed by atoms with Crippen LogP contribution in [0.1, 0.15) is 107 Å². The van der Waals surface area contributed by atoms with Gasteiger partial charge in [0.15, 0.2) is 5.78 Å². The quantitative estimate of drug-likeness (QED) is 0.0333. The number of ketones is 1. The fourth-order valence-electron chi connectivity index (χ4n) is 13.2. The first-order valence-corrected chi connectivity index (χ1v) is 40.7. The number of aliphatic hydroxyl groups excluding tert-OH is 1. The van der Waals surface area contributed by atoms with E-state index in [0.29, 0.717) is 45.6 Å². The van der Waals surface area contributed by atoms with E-state index in [1.807, 2.05) is 125 Å². The molecule has 0 saturated carbocycles. The molecule has 0 saturated heterocycles. The SMILES string of the molecule is CC(=O)C=C(C)O.CC(C)(c1cccc(-c2[c-]cc(F)cc2F)n1)c1cccc(-c2[c-]cc(F)cc2F)n1.CC(C)(c1cccc(-c2[c-]cc(F)nc2F)n1)c1cccc(-n2[c-]cc(C(F)(F)F)n2)n1.CC(C)(c1cccc(-n2[c-]cc(C(F)(F)F)n2)n1)c1cccc(-n2[c-]cc(C(F)(F)F)n2)n1.[Ir].[Ir].[Pt+2].[Pt+2].[Pt+2].[c-]1ccccc1-c1ccc2ccccc2n1.[c-]1ccccc1-c1nccc2ccccc12. The standard InChI is InChI=1S/C25H16F4N2.C22H14F5N5.C21H14F6N6.2C15H10N.C5H8O2.2Ir.3Pt/c1-25(2,23-7-3-5-21(30-23)17-11-9-15(26)13-19(17)28)24-8-4-6-22(31-24)18-12-10-16(27)14-20(18)29;1-21(2,15-6-3-5-14(28-15)13-9-10-18(23)30-20(13)24)16-7-4-8-19(29-16)32-12-11-17(31-32)22(25,26)27;1-19(2,13-5-3-7-17(28-13)32-11-9-15(30-32)20(22,23)24)14-6-4-8-18(29-14)33-12-10-16(31-33)21(25,26)27;1-2-7-13(8-3-1)15-14-9-5-4-6-12(14)10-11-16-15;1-2-6-12(7-3-1)15-11-10-13-8-4-5-9-14(13)16-15;1-4(6)3-5(2)7;;;;;/h3-10,13-14H,1-2H3;3-8,10-11H,1-2H3;3-10H,1-2H3;1-7,9-11H;1-6,8-11H;3,6H,1-2H3;;;;;/q3*-2;2*-1;;;;3*+2. The molecule has 1 N–H and O–H groups in total. The Bertz CT molecular complexity index is 7070. The third-order valence-corrected chi connectivity index (χ3v) is 20.3. The van der Waals surface area contributed by atoms with Gasteiger partial charge in [-0.05, 0) is 149 Å². The Kier molecular flexibility index (Phi) is 39.4. The molecular weight excluding hydrogens is 2730 g/mol. The number of aliphatic hydroxyl groups is 1. The number of hydrogen-bond donors (Lipinski definition) is 1. The molecule has 6 aromatic carbocycles. The van der Waals surface area contributed by atoms with Crippen LogP contribution in [0.25, 0.3) is 95.4 Å². The van der Waals surface area contributed by atoms with Crippen LogP contribution in [-0.4, -0.2) is 85.1 Å². The van der Waals surface area contributed by atoms with Crippen molar-refractivity contribution in [1.29, 1.82) is 0 Å². The maximum absolute atomic E-state index is 14.2. The molecule has 0 atom stereocenters. The van der Waals surface area contributed by atoms with Gasteiger partial charge in [0.25, 0.3) is 0 Å². The number of alkyl halides is 9. The Labute approximate surface area is 864 Å². The minimum atomic E-state index is -4.61. The third-order valence-electron chi connectivity index (χ3n) is 20.3. The molecule has 0 unspecified atom stereocenters. The smallest absolute Gasteiger partial charge is 0.512 e. The maximum Gasteiger partial charge on any atom is 2.00 e. The van der Waals surface area contributed by atoms with Crippen molar-refractivity contribution >= 4 is 27.5 Å². The van der Waals surface area contributed by atoms with Gasteiger partial charge in [0.05, 0.1) is 45.8 Å². The fraction of sp³-hybridized carbons (Fsp3) is 0.136. The predicted octanol–water partition coefficient (Wildman–Crippen LogP) is 24.5. The zero-order chi connectivity index (χ0) is 96.7. The van der Waals surface area contributed by atoms with Crippen molar-refractivity contribution in [2.45, 2.75) is 90.2 Å². The molecule has 0 amide bonds. The number of pyridine rings is 9. The molecule has 140 heavy (non-hydrogen) atoms. The average molecular weight is 2810 g/mol. The van der Waals surface area contributed by atoms with Crippen LogP contribution in [0.4, 0.5) is 65.9 Å². The summed E-state index contributed by atoms with van der Waals surface area (Å²) in [6, 6.07) is 88.6. The van der Waals surface area contributed by atoms with Crippen LogP contribution < -0.4 is 0 Å². The van der Waals surface area contributed by atoms with E-state index < -0.39 is 87.0 Å². The zero-order valence-corrected chi connectivity index (χ0v) is 85.6. The van der Waals surface area contributed by atoms with E-state index in [1.165, 1.54) is 60.3 Å². The summed E-state index contributed by atoms with van der Waals surface area (Å²) in [6.45, 7) is 13.8. The second-order valence-electron chi connectivity index (χ2n) is 31.1. The molecule has 0 bridgehead atoms. The summed E-state index contributed by atoms with van der Waals surface area (Å²) in [5, 5.41) is 22.4. The van der Waals surface area contributed by atoms with Gasteiger partial charge in [-0.3, -0.25) is 62.6 Å². The number of allylic oxidation sites excluding steroid dienone is 2. The molecule has 12 heterocycles. The van der Waals surface area contributed by atoms with E-state index in [-0.39, 0.29) is 155 Å². The number of para-hydroxylation sites is 1. The van der Waals surface area contributed by atoms with Gasteiger partial charge in [0.1, 0.15) is 11.9 Å². The molecule has 12 aromatic heterocycles. The first-order valence-electron chi connectivity index (χ1n) is 40.7. The third kappa shape index (κ3) is 28.6. The molecule has 18 rings (SSSR count). The number of carbonyl (C=O) groups is 1. The van der Waals surface area contributed by atoms with Crippen LogP contribution in [-0.2, 0) is 143 Å². The predicted molar refractivity (Wildman–Crippen MR) is 474 cm³/mol. The van der Waals surface area contributed by atoms with E-state index in [1.54, 1.807) is 98.8 Å². The molecule has 18 aromatic rings. The Hall–Kier alpha value is -12.7. The Balaban J connectivity index is 0.000000214. The summed E-state index contributed by atoms with van der Waals surface area (Å²) in [5.41, 5.74) is 3.24. The maximum atomic E-state index is 14.2. The molecule has 0 fully saturated rings. The summed E-state index contributed by atoms with van der Waals surface area (Å²) >= 11 is 0. The summed E-state index contributed by atoms with van der Waals surface area (Å²) in [4.78, 5) is 49.0. The summed E-state index contributed by atoms with van der Waals surface area (Å²) in [5.74, 6) is -4.68. The number of carbonyl (C=O) groups excluding carboxylic acids is 1. The van der Waals surface area contributed by atoms with Gasteiger partial charge in [-0.1, -0.05) is 181 Å². The van der Waals surface area contributed by atoms with E-state index in [4.69, 9.17) is 5.11 Å². The van der Waals surface area contributed by atoms with Crippen molar-refractivity contribution in [2.24, 2.45) is 0 Å². The zero-order valence-electron chi connectivity index (χ0n) is 74.0. The van der Waals surface area contributed by atoms with Crippen LogP contribution in [0.3, 0.4) is 0 Å². The molecule has 17 nitrogen and oxygen atoms in total. The Morgan fingerprint density at radius 1 is 0.357 bits per heavy atom. The van der Waals surface area contributed by atoms with Gasteiger partial charge >= 0.3 is 81.7 Å². The number of halogens is 15. The van der Waals surface area contributed by atoms with E-state index in [2.05, 4.69) is 133 Å². The molecule has 0 spiro atoms. The monoisotopic (exact) mass is 2810 g/mol. The van der Waals surface area contributed by atoms with Gasteiger partial charge in [0.2, 0.25) is 0 Å². The van der Waals surface area contributed by atoms with Gasteiger partial charge < -0.3 is 39.1 Å². The normalized spacial score (nSPS) is 11.3. The van der Waals surface area contributed by atoms with Crippen LogP contribution in [0.15, 0.2) is 291 Å². The molecule has 726 valence electrons. The van der Waals surface area contributed by atoms with E-state index in [0.717, 1.165) is 90.6 Å². The van der Waals surface area contributed by atoms with Crippen molar-refractivity contribution in [3.8, 4) is 73.7 Å². The molecule has 0 aliphatic carbocycles. The molecular formula is C103H72F15Ir2N15O2Pt3-2. The minimum absolute atomic E-state index is 0. The second kappa shape index (κ2) is 49.0. The average Bonchev–Trinajstić information content (AvgIpc) is 1.52. The van der Waals surface area contributed by atoms with Crippen LogP contribution >= 0.6 is 0 Å². The van der Waals surface area contributed by atoms with E-state index in [9.17, 15) is 70.7 Å². The van der Waals surface area contributed by atoms with Crippen molar-refractivity contribution in [3.05, 3.63) is 426 Å². The van der Waals surface area contributed by atoms with Crippen molar-refractivity contribution in [2.75, 3.05) is 0 Å². The minimum Gasteiger partial charge on any atom is -0.512 e. The van der Waals surface area contributed by atoms with Crippen LogP contribution in [0, 0.1) is 84.1 Å². The summed E-state index contributed by atoms with van der Waals surface area (Å²) in [7, 11) is 0. The van der Waals surface area contributed by atoms with Gasteiger partial charge in [-0.15, -0.1) is 120 Å². The van der Waals surface area contributed by atoms with Crippen molar-refractivity contribution in [3.63, 3.8) is 0 Å². The second-order valence-corrected chi connectivity index (χ2v) is 31.1. The number of nitrogens with zero attached hydrogens (tertiary/aromatic N) is 15. The number of aromatic nitrogens is 15. The fourth-order valence-corrected chi connectivity index (χ4v) is 13.2. The number of hydrogen-bond acceptors (Lipinski definition) is 14. The van der Waals surface area contributed by atoms with Crippen molar-refractivity contribution in [1.82, 2.24) is 74.2 Å². The van der Waals surface area contributed by atoms with Crippen molar-refractivity contribution < 1.29 is 179 Å². The number of rotatable bonds is 15. The molecule has 0 aliphatic rings. The topological polar surface area (TPSA) is 207 Å². The first kappa shape index (κ1) is 113. The summed E-state index contributed by atoms with van der Waals surface area (Å²) in [6.07, 6.45) is -3.61. The largest absolute Gasteiger partial charge is 2.00 e. The summed E-state index contributed by atoms with van der Waals surface area (Å²) < 4.78 is 200. The number of benzene rings is 6. The molecule has 2 radical (unpaired) electrons. The Morgan fingerprint density at radius 2 is 0.729 bits per heavy atom. The first-order chi connectivity index (χ1) is 64.2. The molecule has 0 aliphatic heterocycles. The molecule has 37 heteroatoms. The van der Waals surface area contributed by atoms with E-state index >= 15 is 0 Å². The van der Waals surface area contributed by atoms with Gasteiger partial charge in [-0.25, -0.2) is 8.78 Å².